The second kappa shape index (κ2) is 5.83. The summed E-state index contributed by atoms with van der Waals surface area (Å²) in [7, 11) is 0. The van der Waals surface area contributed by atoms with Gasteiger partial charge in [-0.1, -0.05) is 11.6 Å². The first-order valence-electron chi connectivity index (χ1n) is 6.65. The molecule has 2 rings (SSSR count). The normalized spacial score (nSPS) is 17.2. The maximum Gasteiger partial charge on any atom is 0.0302 e. The molecule has 0 saturated heterocycles. The summed E-state index contributed by atoms with van der Waals surface area (Å²) in [6.07, 6.45) is 7.65. The highest BCUT2D eigenvalue weighted by molar-refractivity contribution is 7.12. The summed E-state index contributed by atoms with van der Waals surface area (Å²) in [6, 6.07) is 2.81. The maximum absolute atomic E-state index is 3.65. The molecule has 0 radical (unpaired) electrons. The highest BCUT2D eigenvalue weighted by Gasteiger charge is 2.11. The molecule has 1 aromatic heterocycles. The number of aryl methyl sites for hydroxylation is 2. The van der Waals surface area contributed by atoms with Crippen LogP contribution in [0.25, 0.3) is 0 Å². The lowest BCUT2D eigenvalue weighted by molar-refractivity contribution is 0.572. The van der Waals surface area contributed by atoms with E-state index in [0.29, 0.717) is 6.04 Å². The highest BCUT2D eigenvalue weighted by Crippen LogP contribution is 2.26. The van der Waals surface area contributed by atoms with Crippen LogP contribution in [0.5, 0.6) is 0 Å². The van der Waals surface area contributed by atoms with Gasteiger partial charge in [0.15, 0.2) is 0 Å². The first-order chi connectivity index (χ1) is 8.16. The lowest BCUT2D eigenvalue weighted by Gasteiger charge is -2.14. The van der Waals surface area contributed by atoms with E-state index in [1.807, 2.05) is 11.3 Å². The van der Waals surface area contributed by atoms with Crippen LogP contribution >= 0.6 is 11.3 Å². The van der Waals surface area contributed by atoms with Crippen LogP contribution in [-0.2, 0) is 0 Å². The maximum atomic E-state index is 3.65. The molecule has 0 bridgehead atoms. The molecular formula is C15H23NS. The number of rotatable bonds is 5. The van der Waals surface area contributed by atoms with Gasteiger partial charge in [0.1, 0.15) is 0 Å². The van der Waals surface area contributed by atoms with Gasteiger partial charge in [0, 0.05) is 15.8 Å². The largest absolute Gasteiger partial charge is 0.310 e. The van der Waals surface area contributed by atoms with Crippen LogP contribution < -0.4 is 5.32 Å². The Kier molecular flexibility index (Phi) is 4.41. The summed E-state index contributed by atoms with van der Waals surface area (Å²) in [5.74, 6) is 0. The fourth-order valence-electron chi connectivity index (χ4n) is 2.60. The third-order valence-corrected chi connectivity index (χ3v) is 4.56. The van der Waals surface area contributed by atoms with E-state index in [0.717, 1.165) is 6.54 Å². The van der Waals surface area contributed by atoms with E-state index >= 15 is 0 Å². The minimum Gasteiger partial charge on any atom is -0.310 e. The summed E-state index contributed by atoms with van der Waals surface area (Å²) in [5.41, 5.74) is 3.14. The third kappa shape index (κ3) is 3.43. The molecular weight excluding hydrogens is 226 g/mol. The average molecular weight is 249 g/mol. The minimum atomic E-state index is 0.488. The Morgan fingerprint density at radius 2 is 2.24 bits per heavy atom. The lowest BCUT2D eigenvalue weighted by Crippen LogP contribution is -2.20. The van der Waals surface area contributed by atoms with E-state index < -0.39 is 0 Å². The molecule has 1 heterocycles. The Morgan fingerprint density at radius 3 is 2.82 bits per heavy atom. The zero-order valence-corrected chi connectivity index (χ0v) is 12.0. The van der Waals surface area contributed by atoms with E-state index in [-0.39, 0.29) is 0 Å². The van der Waals surface area contributed by atoms with Crippen LogP contribution in [0, 0.1) is 13.8 Å². The average Bonchev–Trinajstić information content (AvgIpc) is 2.88. The molecule has 0 aromatic carbocycles. The van der Waals surface area contributed by atoms with Gasteiger partial charge in [-0.05, 0) is 64.6 Å². The molecule has 1 N–H and O–H groups in total. The van der Waals surface area contributed by atoms with Crippen molar-refractivity contribution in [1.29, 1.82) is 0 Å². The molecule has 2 heteroatoms. The van der Waals surface area contributed by atoms with Gasteiger partial charge in [0.25, 0.3) is 0 Å². The molecule has 1 aliphatic carbocycles. The fraction of sp³-hybridized carbons (Fsp3) is 0.600. The van der Waals surface area contributed by atoms with E-state index in [2.05, 4.69) is 38.2 Å². The van der Waals surface area contributed by atoms with Crippen molar-refractivity contribution in [2.24, 2.45) is 0 Å². The number of thiophene rings is 1. The summed E-state index contributed by atoms with van der Waals surface area (Å²) in [6.45, 7) is 7.81. The SMILES string of the molecule is Cc1cc(C(C)NCCC2=CCCC2)c(C)s1. The zero-order chi connectivity index (χ0) is 12.3. The summed E-state index contributed by atoms with van der Waals surface area (Å²) >= 11 is 1.90. The predicted octanol–water partition coefficient (Wildman–Crippen LogP) is 4.52. The smallest absolute Gasteiger partial charge is 0.0302 e. The number of hydrogen-bond donors (Lipinski definition) is 1. The van der Waals surface area contributed by atoms with Crippen LogP contribution in [0.1, 0.15) is 54.0 Å². The number of hydrogen-bond acceptors (Lipinski definition) is 2. The van der Waals surface area contributed by atoms with Gasteiger partial charge in [-0.25, -0.2) is 0 Å². The van der Waals surface area contributed by atoms with Crippen LogP contribution in [0.15, 0.2) is 17.7 Å². The van der Waals surface area contributed by atoms with E-state index in [1.54, 1.807) is 5.57 Å². The van der Waals surface area contributed by atoms with Crippen molar-refractivity contribution in [2.45, 2.75) is 52.5 Å². The van der Waals surface area contributed by atoms with Gasteiger partial charge >= 0.3 is 0 Å². The van der Waals surface area contributed by atoms with Crippen molar-refractivity contribution in [3.63, 3.8) is 0 Å². The Morgan fingerprint density at radius 1 is 1.41 bits per heavy atom. The van der Waals surface area contributed by atoms with Crippen LogP contribution in [0.2, 0.25) is 0 Å². The molecule has 1 atom stereocenters. The Balaban J connectivity index is 1.80. The summed E-state index contributed by atoms with van der Waals surface area (Å²) in [4.78, 5) is 2.88. The second-order valence-electron chi connectivity index (χ2n) is 5.05. The van der Waals surface area contributed by atoms with Gasteiger partial charge in [-0.3, -0.25) is 0 Å². The molecule has 0 aliphatic heterocycles. The van der Waals surface area contributed by atoms with Crippen LogP contribution in [-0.4, -0.2) is 6.54 Å². The standard InChI is InChI=1S/C15H23NS/c1-11-10-15(13(3)17-11)12(2)16-9-8-14-6-4-5-7-14/h6,10,12,16H,4-5,7-9H2,1-3H3. The molecule has 1 aliphatic rings. The number of allylic oxidation sites excluding steroid dienone is 1. The lowest BCUT2D eigenvalue weighted by atomic mass is 10.1. The molecule has 0 saturated carbocycles. The van der Waals surface area contributed by atoms with Gasteiger partial charge in [-0.2, -0.15) is 0 Å². The Bertz CT molecular complexity index is 403. The summed E-state index contributed by atoms with van der Waals surface area (Å²) in [5, 5.41) is 3.65. The van der Waals surface area contributed by atoms with Crippen molar-refractivity contribution in [3.8, 4) is 0 Å². The zero-order valence-electron chi connectivity index (χ0n) is 11.2. The van der Waals surface area contributed by atoms with E-state index in [4.69, 9.17) is 0 Å². The molecule has 0 fully saturated rings. The Hall–Kier alpha value is -0.600. The first kappa shape index (κ1) is 12.8. The fourth-order valence-corrected chi connectivity index (χ4v) is 3.63. The van der Waals surface area contributed by atoms with Gasteiger partial charge in [0.05, 0.1) is 0 Å². The summed E-state index contributed by atoms with van der Waals surface area (Å²) < 4.78 is 0. The topological polar surface area (TPSA) is 12.0 Å². The minimum absolute atomic E-state index is 0.488. The van der Waals surface area contributed by atoms with Crippen molar-refractivity contribution < 1.29 is 0 Å². The van der Waals surface area contributed by atoms with Crippen LogP contribution in [0.3, 0.4) is 0 Å². The van der Waals surface area contributed by atoms with Crippen molar-refractivity contribution in [3.05, 3.63) is 33.0 Å². The van der Waals surface area contributed by atoms with Gasteiger partial charge in [-0.15, -0.1) is 11.3 Å². The van der Waals surface area contributed by atoms with E-state index in [9.17, 15) is 0 Å². The highest BCUT2D eigenvalue weighted by atomic mass is 32.1. The van der Waals surface area contributed by atoms with Gasteiger partial charge < -0.3 is 5.32 Å². The first-order valence-corrected chi connectivity index (χ1v) is 7.46. The Labute approximate surface area is 109 Å². The molecule has 94 valence electrons. The number of nitrogens with one attached hydrogen (secondary N) is 1. The van der Waals surface area contributed by atoms with Crippen molar-refractivity contribution in [2.75, 3.05) is 6.54 Å². The molecule has 1 nitrogen and oxygen atoms in total. The molecule has 1 aromatic rings. The molecule has 0 amide bonds. The van der Waals surface area contributed by atoms with Crippen molar-refractivity contribution >= 4 is 11.3 Å². The molecule has 1 unspecified atom stereocenters. The van der Waals surface area contributed by atoms with Gasteiger partial charge in [0.2, 0.25) is 0 Å². The van der Waals surface area contributed by atoms with E-state index in [1.165, 1.54) is 41.0 Å². The van der Waals surface area contributed by atoms with Crippen molar-refractivity contribution in [1.82, 2.24) is 5.32 Å². The third-order valence-electron chi connectivity index (χ3n) is 3.58. The van der Waals surface area contributed by atoms with Crippen LogP contribution in [0.4, 0.5) is 0 Å². The molecule has 17 heavy (non-hydrogen) atoms. The quantitative estimate of drug-likeness (QED) is 0.757. The second-order valence-corrected chi connectivity index (χ2v) is 6.51. The predicted molar refractivity (Wildman–Crippen MR) is 76.8 cm³/mol. The monoisotopic (exact) mass is 249 g/mol. The molecule has 0 spiro atoms.